The number of anilines is 1. The number of thiazole rings is 1. The number of amides is 1. The first kappa shape index (κ1) is 36.6. The maximum absolute atomic E-state index is 14.5. The number of carbonyl (C=O) groups excluding carboxylic acids is 1. The molecule has 1 aromatic heterocycles. The maximum Gasteiger partial charge on any atom is 0.271 e. The number of para-hydroxylation sites is 1. The Morgan fingerprint density at radius 3 is 2.23 bits per heavy atom. The molecule has 52 heavy (non-hydrogen) atoms. The third-order valence-corrected chi connectivity index (χ3v) is 9.74. The van der Waals surface area contributed by atoms with Gasteiger partial charge < -0.3 is 29.0 Å². The van der Waals surface area contributed by atoms with Crippen molar-refractivity contribution in [3.63, 3.8) is 0 Å². The lowest BCUT2D eigenvalue weighted by Crippen LogP contribution is -2.40. The van der Waals surface area contributed by atoms with E-state index in [1.807, 2.05) is 37.3 Å². The molecule has 0 saturated heterocycles. The molecule has 0 fully saturated rings. The Morgan fingerprint density at radius 2 is 1.60 bits per heavy atom. The second-order valence-corrected chi connectivity index (χ2v) is 13.4. The number of halogens is 2. The Hall–Kier alpha value is -5.23. The number of fused-ring (bicyclic) bond motifs is 1. The van der Waals surface area contributed by atoms with Gasteiger partial charge in [0.15, 0.2) is 27.8 Å². The molecule has 0 unspecified atom stereocenters. The van der Waals surface area contributed by atoms with E-state index in [2.05, 4.69) is 5.32 Å². The van der Waals surface area contributed by atoms with E-state index in [1.165, 1.54) is 37.2 Å². The number of nitrogens with one attached hydrogen (secondary N) is 1. The van der Waals surface area contributed by atoms with Crippen molar-refractivity contribution in [3.05, 3.63) is 137 Å². The molecule has 1 N–H and O–H groups in total. The minimum absolute atomic E-state index is 0.245. The summed E-state index contributed by atoms with van der Waals surface area (Å²) < 4.78 is 30.7. The monoisotopic (exact) mass is 759 g/mol. The fourth-order valence-corrected chi connectivity index (χ4v) is 7.31. The number of methoxy groups -OCH3 is 3. The van der Waals surface area contributed by atoms with Crippen molar-refractivity contribution in [2.75, 3.05) is 33.3 Å². The molecule has 5 aromatic rings. The van der Waals surface area contributed by atoms with Crippen LogP contribution in [0.4, 0.5) is 5.69 Å². The summed E-state index contributed by atoms with van der Waals surface area (Å²) in [7, 11) is 4.52. The van der Waals surface area contributed by atoms with Crippen LogP contribution in [0, 0.1) is 0 Å². The molecular formula is C39H35Cl2N3O7S. The smallest absolute Gasteiger partial charge is 0.271 e. The van der Waals surface area contributed by atoms with Gasteiger partial charge in [-0.3, -0.25) is 14.2 Å². The Morgan fingerprint density at radius 1 is 0.904 bits per heavy atom. The second-order valence-electron chi connectivity index (χ2n) is 11.5. The zero-order chi connectivity index (χ0) is 36.9. The van der Waals surface area contributed by atoms with Crippen LogP contribution in [0.3, 0.4) is 0 Å². The average molecular weight is 761 g/mol. The van der Waals surface area contributed by atoms with Gasteiger partial charge in [0.1, 0.15) is 6.61 Å². The van der Waals surface area contributed by atoms with Crippen molar-refractivity contribution in [2.24, 2.45) is 4.99 Å². The summed E-state index contributed by atoms with van der Waals surface area (Å²) in [6, 6.07) is 22.4. The third-order valence-electron chi connectivity index (χ3n) is 8.23. The Balaban J connectivity index is 1.47. The van der Waals surface area contributed by atoms with E-state index in [-0.39, 0.29) is 17.7 Å². The summed E-state index contributed by atoms with van der Waals surface area (Å²) in [5.74, 6) is 1.50. The zero-order valence-electron chi connectivity index (χ0n) is 29.0. The van der Waals surface area contributed by atoms with Gasteiger partial charge in [0.05, 0.1) is 54.8 Å². The minimum Gasteiger partial charge on any atom is -0.493 e. The van der Waals surface area contributed by atoms with E-state index >= 15 is 0 Å². The molecule has 0 aliphatic carbocycles. The minimum atomic E-state index is -0.901. The van der Waals surface area contributed by atoms with Crippen LogP contribution in [0.25, 0.3) is 6.08 Å². The topological polar surface area (TPSA) is 110 Å². The number of carbonyl (C=O) groups is 1. The first-order valence-electron chi connectivity index (χ1n) is 16.2. The van der Waals surface area contributed by atoms with Gasteiger partial charge in [0.25, 0.3) is 11.5 Å². The van der Waals surface area contributed by atoms with Gasteiger partial charge in [0, 0.05) is 10.7 Å². The number of allylic oxidation sites excluding steroid dienone is 1. The zero-order valence-corrected chi connectivity index (χ0v) is 31.3. The highest BCUT2D eigenvalue weighted by Crippen LogP contribution is 2.43. The summed E-state index contributed by atoms with van der Waals surface area (Å²) in [4.78, 5) is 33.7. The maximum atomic E-state index is 14.5. The van der Waals surface area contributed by atoms with Crippen LogP contribution >= 0.6 is 34.5 Å². The molecule has 0 spiro atoms. The van der Waals surface area contributed by atoms with Gasteiger partial charge in [-0.25, -0.2) is 4.99 Å². The van der Waals surface area contributed by atoms with E-state index in [4.69, 9.17) is 51.9 Å². The predicted octanol–water partition coefficient (Wildman–Crippen LogP) is 7.18. The summed E-state index contributed by atoms with van der Waals surface area (Å²) in [6.45, 7) is 4.22. The first-order valence-corrected chi connectivity index (χ1v) is 17.7. The van der Waals surface area contributed by atoms with E-state index in [1.54, 1.807) is 61.5 Å². The molecule has 2 heterocycles. The van der Waals surface area contributed by atoms with Crippen LogP contribution in [0.2, 0.25) is 10.0 Å². The van der Waals surface area contributed by atoms with E-state index in [0.29, 0.717) is 77.2 Å². The van der Waals surface area contributed by atoms with Gasteiger partial charge in [-0.15, -0.1) is 0 Å². The van der Waals surface area contributed by atoms with Gasteiger partial charge in [0.2, 0.25) is 5.75 Å². The number of hydrogen-bond donors (Lipinski definition) is 1. The molecule has 1 aliphatic heterocycles. The third kappa shape index (κ3) is 7.52. The lowest BCUT2D eigenvalue weighted by atomic mass is 9.94. The first-order chi connectivity index (χ1) is 25.1. The molecule has 1 atom stereocenters. The summed E-state index contributed by atoms with van der Waals surface area (Å²) >= 11 is 14.0. The molecule has 0 bridgehead atoms. The number of nitrogens with zero attached hydrogens (tertiary/aromatic N) is 2. The largest absolute Gasteiger partial charge is 0.493 e. The number of hydrogen-bond acceptors (Lipinski definition) is 9. The van der Waals surface area contributed by atoms with Crippen LogP contribution in [-0.2, 0) is 11.4 Å². The van der Waals surface area contributed by atoms with Crippen molar-refractivity contribution in [1.82, 2.24) is 4.57 Å². The van der Waals surface area contributed by atoms with Crippen molar-refractivity contribution in [3.8, 4) is 28.7 Å². The fourth-order valence-electron chi connectivity index (χ4n) is 5.87. The van der Waals surface area contributed by atoms with Gasteiger partial charge in [-0.05, 0) is 85.1 Å². The van der Waals surface area contributed by atoms with Crippen LogP contribution in [0.1, 0.15) is 36.6 Å². The average Bonchev–Trinajstić information content (AvgIpc) is 3.44. The summed E-state index contributed by atoms with van der Waals surface area (Å²) in [5.41, 5.74) is 3.03. The van der Waals surface area contributed by atoms with Gasteiger partial charge in [-0.1, -0.05) is 64.9 Å². The standard InChI is InChI=1S/C39H35Cl2N3O7S/c1-6-50-31-17-24(16-28(41)35(31)51-21-23-12-14-26(40)15-13-23)18-32-38(46)44-34(25-19-29(47-3)36(49-5)30(20-25)48-4)33(22(2)42-39(44)52-32)37(45)43-27-10-8-7-9-11-27/h7-20,34H,6,21H2,1-5H3,(H,43,45)/b32-18-/t34-/m0/s1. The van der Waals surface area contributed by atoms with Crippen LogP contribution in [0.15, 0.2) is 99.9 Å². The highest BCUT2D eigenvalue weighted by molar-refractivity contribution is 7.07. The van der Waals surface area contributed by atoms with Crippen LogP contribution < -0.4 is 43.9 Å². The number of aromatic nitrogens is 1. The normalized spacial score (nSPS) is 14.0. The lowest BCUT2D eigenvalue weighted by molar-refractivity contribution is -0.113. The number of ether oxygens (including phenoxy) is 5. The molecular weight excluding hydrogens is 725 g/mol. The molecule has 10 nitrogen and oxygen atoms in total. The Bertz CT molecular complexity index is 2310. The van der Waals surface area contributed by atoms with Crippen molar-refractivity contribution >= 4 is 52.2 Å². The number of benzene rings is 4. The van der Waals surface area contributed by atoms with Crippen LogP contribution in [0.5, 0.6) is 28.7 Å². The highest BCUT2D eigenvalue weighted by Gasteiger charge is 2.34. The number of rotatable bonds is 12. The molecule has 4 aromatic carbocycles. The molecule has 268 valence electrons. The van der Waals surface area contributed by atoms with E-state index < -0.39 is 11.9 Å². The highest BCUT2D eigenvalue weighted by atomic mass is 35.5. The van der Waals surface area contributed by atoms with Gasteiger partial charge >= 0.3 is 0 Å². The summed E-state index contributed by atoms with van der Waals surface area (Å²) in [5, 5.41) is 3.90. The molecule has 13 heteroatoms. The van der Waals surface area contributed by atoms with Crippen molar-refractivity contribution in [1.29, 1.82) is 0 Å². The molecule has 0 radical (unpaired) electrons. The van der Waals surface area contributed by atoms with E-state index in [9.17, 15) is 9.59 Å². The SMILES string of the molecule is CCOc1cc(/C=c2\sc3n(c2=O)[C@@H](c2cc(OC)c(OC)c(OC)c2)C(C(=O)Nc2ccccc2)=C(C)N=3)cc(Cl)c1OCc1ccc(Cl)cc1. The predicted molar refractivity (Wildman–Crippen MR) is 203 cm³/mol. The van der Waals surface area contributed by atoms with E-state index in [0.717, 1.165) is 5.56 Å². The summed E-state index contributed by atoms with van der Waals surface area (Å²) in [6.07, 6.45) is 1.72. The lowest BCUT2D eigenvalue weighted by Gasteiger charge is -2.26. The van der Waals surface area contributed by atoms with Crippen molar-refractivity contribution in [2.45, 2.75) is 26.5 Å². The fraction of sp³-hybridized carbons (Fsp3) is 0.205. The Kier molecular flexibility index (Phi) is 11.2. The molecule has 1 amide bonds. The quantitative estimate of drug-likeness (QED) is 0.144. The van der Waals surface area contributed by atoms with Crippen LogP contribution in [-0.4, -0.2) is 38.4 Å². The molecule has 0 saturated carbocycles. The van der Waals surface area contributed by atoms with Crippen molar-refractivity contribution < 1.29 is 28.5 Å². The molecule has 6 rings (SSSR count). The molecule has 1 aliphatic rings. The second kappa shape index (κ2) is 16.0. The Labute approximate surface area is 314 Å². The van der Waals surface area contributed by atoms with Gasteiger partial charge in [-0.2, -0.15) is 0 Å².